The number of hydrogen-bond acceptors (Lipinski definition) is 0. The van der Waals surface area contributed by atoms with Crippen molar-refractivity contribution in [1.82, 2.24) is 0 Å². The van der Waals surface area contributed by atoms with Crippen LogP contribution < -0.4 is 0 Å². The summed E-state index contributed by atoms with van der Waals surface area (Å²) in [6.45, 7) is 0. The van der Waals surface area contributed by atoms with Crippen molar-refractivity contribution in [1.29, 1.82) is 0 Å². The monoisotopic (exact) mass is 287 g/mol. The van der Waals surface area contributed by atoms with Crippen molar-refractivity contribution in [3.8, 4) is 0 Å². The van der Waals surface area contributed by atoms with E-state index in [1.807, 2.05) is 0 Å². The molecule has 0 saturated heterocycles. The van der Waals surface area contributed by atoms with Gasteiger partial charge in [-0.05, 0) is 12.8 Å². The Kier molecular flexibility index (Phi) is 33.5. The molecule has 0 aromatic carbocycles. The van der Waals surface area contributed by atoms with Gasteiger partial charge < -0.3 is 7.43 Å². The van der Waals surface area contributed by atoms with Crippen LogP contribution in [0.25, 0.3) is 0 Å². The van der Waals surface area contributed by atoms with Crippen molar-refractivity contribution in [2.75, 3.05) is 0 Å². The van der Waals surface area contributed by atoms with E-state index in [4.69, 9.17) is 0 Å². The van der Waals surface area contributed by atoms with Crippen LogP contribution in [0.5, 0.6) is 0 Å². The fourth-order valence-corrected chi connectivity index (χ4v) is 0.786. The van der Waals surface area contributed by atoms with Crippen LogP contribution in [0.3, 0.4) is 0 Å². The molecule has 0 amide bonds. The van der Waals surface area contributed by atoms with Crippen LogP contribution in [-0.2, 0) is 19.4 Å². The Morgan fingerprint density at radius 2 is 1.00 bits per heavy atom. The first-order valence-corrected chi connectivity index (χ1v) is 9.43. The minimum atomic E-state index is 0. The summed E-state index contributed by atoms with van der Waals surface area (Å²) >= 11 is 2.22. The molecule has 0 bridgehead atoms. The van der Waals surface area contributed by atoms with E-state index in [-0.39, 0.29) is 7.43 Å². The molecule has 0 spiro atoms. The molecule has 0 N–H and O–H groups in total. The summed E-state index contributed by atoms with van der Waals surface area (Å²) in [4.78, 5) is 0. The Morgan fingerprint density at radius 3 is 1.06 bits per heavy atom. The van der Waals surface area contributed by atoms with Crippen molar-refractivity contribution in [3.63, 3.8) is 0 Å². The molecule has 0 aliphatic heterocycles. The minimum absolute atomic E-state index is 0. The van der Waals surface area contributed by atoms with Gasteiger partial charge in [0.2, 0.25) is 0 Å². The van der Waals surface area contributed by atoms with E-state index in [0.29, 0.717) is 0 Å². The van der Waals surface area contributed by atoms with Crippen LogP contribution in [0.15, 0.2) is 48.6 Å². The summed E-state index contributed by atoms with van der Waals surface area (Å²) in [6, 6.07) is 0. The van der Waals surface area contributed by atoms with Gasteiger partial charge in [0.15, 0.2) is 15.2 Å². The summed E-state index contributed by atoms with van der Waals surface area (Å²) in [5.74, 6) is 4.42. The van der Waals surface area contributed by atoms with Gasteiger partial charge in [0.1, 0.15) is 0 Å². The molecule has 2 aliphatic rings. The molecule has 0 heterocycles. The van der Waals surface area contributed by atoms with E-state index in [2.05, 4.69) is 69.5 Å². The average Bonchev–Trinajstić information content (AvgIpc) is 3.01. The first-order valence-electron chi connectivity index (χ1n) is 4.98. The first-order chi connectivity index (χ1) is 7.41. The molecule has 0 nitrogen and oxygen atoms in total. The third kappa shape index (κ3) is 24.0. The number of rotatable bonds is 0. The zero-order valence-electron chi connectivity index (χ0n) is 10.5. The Hall–Kier alpha value is 0.497. The van der Waals surface area contributed by atoms with Crippen LogP contribution in [0, 0.1) is 7.43 Å². The molecule has 16 heavy (non-hydrogen) atoms. The second-order valence-corrected chi connectivity index (χ2v) is 3.92. The van der Waals surface area contributed by atoms with Gasteiger partial charge in [-0.3, -0.25) is 0 Å². The maximum absolute atomic E-state index is 4.64. The zero-order valence-corrected chi connectivity index (χ0v) is 14.0. The molecule has 0 saturated carbocycles. The summed E-state index contributed by atoms with van der Waals surface area (Å²) in [5, 5.41) is 0. The molecule has 0 aromatic rings. The van der Waals surface area contributed by atoms with Gasteiger partial charge in [-0.1, -0.05) is 48.6 Å². The summed E-state index contributed by atoms with van der Waals surface area (Å²) in [6.07, 6.45) is 19.0. The molecule has 0 atom stereocenters. The van der Waals surface area contributed by atoms with Crippen LogP contribution >= 0.6 is 9.30 Å². The van der Waals surface area contributed by atoms with Gasteiger partial charge in [-0.2, -0.15) is 0 Å². The molecule has 0 unspecified atom stereocenters. The Labute approximate surface area is 124 Å². The second-order valence-electron chi connectivity index (χ2n) is 2.76. The van der Waals surface area contributed by atoms with E-state index < -0.39 is 0 Å². The second kappa shape index (κ2) is 24.6. The van der Waals surface area contributed by atoms with Gasteiger partial charge in [0.05, 0.1) is 0 Å². The Morgan fingerprint density at radius 1 is 0.812 bits per heavy atom. The first kappa shape index (κ1) is 21.7. The summed E-state index contributed by atoms with van der Waals surface area (Å²) < 4.78 is 0. The molecule has 0 fully saturated rings. The van der Waals surface area contributed by atoms with Crippen LogP contribution in [0.2, 0.25) is 11.6 Å². The van der Waals surface area contributed by atoms with Gasteiger partial charge in [-0.15, -0.1) is 11.6 Å². The van der Waals surface area contributed by atoms with Crippen molar-refractivity contribution in [3.05, 3.63) is 56.0 Å². The standard InChI is InChI=1S/2C5H6.3CH3.Al.ClH.Ti/c2*1-2-4-5-3-1;;;;;;/h2*1-4H,5H2;3*1H3;;1H;/q;;;;-1;;;+2/p-1. The molecule has 87 valence electrons. The molecule has 3 heteroatoms. The Bertz CT molecular complexity index is 166. The van der Waals surface area contributed by atoms with Crippen molar-refractivity contribution in [2.45, 2.75) is 24.4 Å². The van der Waals surface area contributed by atoms with Gasteiger partial charge in [-0.25, -0.2) is 0 Å². The molecular formula is C13H21AlClTi. The fraction of sp³-hybridized carbons (Fsp3) is 0.308. The molecule has 2 aliphatic carbocycles. The topological polar surface area (TPSA) is 0 Å². The number of allylic oxidation sites excluding steroid dienone is 8. The summed E-state index contributed by atoms with van der Waals surface area (Å²) in [7, 11) is 4.64. The van der Waals surface area contributed by atoms with Crippen LogP contribution in [0.4, 0.5) is 0 Å². The van der Waals surface area contributed by atoms with Gasteiger partial charge >= 0.3 is 28.7 Å². The van der Waals surface area contributed by atoms with E-state index in [1.165, 1.54) is 19.4 Å². The number of halogens is 1. The number of hydrogen-bond donors (Lipinski definition) is 0. The fourth-order valence-electron chi connectivity index (χ4n) is 0.786. The third-order valence-electron chi connectivity index (χ3n) is 1.31. The molecule has 0 aromatic heterocycles. The van der Waals surface area contributed by atoms with Crippen molar-refractivity contribution in [2.24, 2.45) is 0 Å². The van der Waals surface area contributed by atoms with Crippen LogP contribution in [-0.4, -0.2) is 15.2 Å². The van der Waals surface area contributed by atoms with Gasteiger partial charge in [0.25, 0.3) is 0 Å². The summed E-state index contributed by atoms with van der Waals surface area (Å²) in [5.41, 5.74) is 0. The maximum atomic E-state index is 4.64. The van der Waals surface area contributed by atoms with E-state index in [0.717, 1.165) is 28.1 Å². The van der Waals surface area contributed by atoms with E-state index in [9.17, 15) is 0 Å². The normalized spacial score (nSPS) is 12.1. The molecule has 1 radical (unpaired) electrons. The predicted octanol–water partition coefficient (Wildman–Crippen LogP) is 4.93. The molecular weight excluding hydrogens is 266 g/mol. The SMILES string of the molecule is C1=CCC=C1.C1=CCC=C1.[CH3-].[CH3][Al][CH3].[Cl][Ti+]. The zero-order chi connectivity index (χ0) is 11.8. The predicted molar refractivity (Wildman–Crippen MR) is 75.5 cm³/mol. The van der Waals surface area contributed by atoms with Crippen LogP contribution in [0.1, 0.15) is 12.8 Å². The van der Waals surface area contributed by atoms with E-state index >= 15 is 0 Å². The van der Waals surface area contributed by atoms with Crippen molar-refractivity contribution < 1.29 is 19.4 Å². The average molecular weight is 288 g/mol. The third-order valence-corrected chi connectivity index (χ3v) is 1.31. The van der Waals surface area contributed by atoms with Crippen molar-refractivity contribution >= 4 is 24.5 Å². The van der Waals surface area contributed by atoms with E-state index in [1.54, 1.807) is 0 Å². The quantitative estimate of drug-likeness (QED) is 0.438. The Balaban J connectivity index is -0.000000147. The van der Waals surface area contributed by atoms with Gasteiger partial charge in [0, 0.05) is 0 Å². The molecule has 2 rings (SSSR count).